The van der Waals surface area contributed by atoms with Crippen molar-refractivity contribution in [2.45, 2.75) is 18.5 Å². The summed E-state index contributed by atoms with van der Waals surface area (Å²) in [6.07, 6.45) is 1.72. The summed E-state index contributed by atoms with van der Waals surface area (Å²) in [5.41, 5.74) is 20.8. The summed E-state index contributed by atoms with van der Waals surface area (Å²) in [6.45, 7) is 1.84. The Hall–Kier alpha value is -3.26. The number of nitrogens with zero attached hydrogens (tertiary/aromatic N) is 1. The van der Waals surface area contributed by atoms with Gasteiger partial charge in [-0.15, -0.1) is 0 Å². The standard InChI is InChI=1S/C20H22N6O2/c1-26-6-4-20(5-7-26)24-12-8-11(23)15-16(17(12)25-20)19(28)14-10(22)3-2-9(21)13(14)18(15)27/h2-3,8,24-25H,4-7,21-23H2,1H3. The number of fused-ring (bicyclic) bond motifs is 4. The van der Waals surface area contributed by atoms with Gasteiger partial charge in [-0.2, -0.15) is 0 Å². The summed E-state index contributed by atoms with van der Waals surface area (Å²) in [5.74, 6) is -0.682. The largest absolute Gasteiger partial charge is 0.398 e. The summed E-state index contributed by atoms with van der Waals surface area (Å²) in [7, 11) is 2.08. The first-order valence-corrected chi connectivity index (χ1v) is 9.30. The zero-order chi connectivity index (χ0) is 19.8. The van der Waals surface area contributed by atoms with Crippen LogP contribution >= 0.6 is 0 Å². The van der Waals surface area contributed by atoms with E-state index in [4.69, 9.17) is 17.2 Å². The van der Waals surface area contributed by atoms with Gasteiger partial charge in [0.05, 0.1) is 33.6 Å². The Morgan fingerprint density at radius 1 is 0.857 bits per heavy atom. The Bertz CT molecular complexity index is 1070. The van der Waals surface area contributed by atoms with Crippen LogP contribution in [0.1, 0.15) is 44.7 Å². The number of rotatable bonds is 0. The van der Waals surface area contributed by atoms with Gasteiger partial charge in [0.1, 0.15) is 5.66 Å². The molecule has 5 rings (SSSR count). The Kier molecular flexibility index (Phi) is 3.25. The summed E-state index contributed by atoms with van der Waals surface area (Å²) in [5, 5.41) is 7.01. The molecule has 8 N–H and O–H groups in total. The van der Waals surface area contributed by atoms with Crippen molar-refractivity contribution >= 4 is 40.0 Å². The molecule has 8 heteroatoms. The van der Waals surface area contributed by atoms with E-state index in [1.165, 1.54) is 0 Å². The Labute approximate surface area is 162 Å². The smallest absolute Gasteiger partial charge is 0.198 e. The third-order valence-corrected chi connectivity index (χ3v) is 6.11. The van der Waals surface area contributed by atoms with Gasteiger partial charge in [0.2, 0.25) is 0 Å². The number of benzene rings is 2. The molecule has 0 atom stereocenters. The summed E-state index contributed by atoms with van der Waals surface area (Å²) in [6, 6.07) is 4.83. The van der Waals surface area contributed by atoms with Gasteiger partial charge < -0.3 is 32.7 Å². The fourth-order valence-electron chi connectivity index (χ4n) is 4.56. The van der Waals surface area contributed by atoms with Crippen molar-refractivity contribution in [2.24, 2.45) is 0 Å². The van der Waals surface area contributed by atoms with Crippen molar-refractivity contribution in [3.05, 3.63) is 40.5 Å². The lowest BCUT2D eigenvalue weighted by Gasteiger charge is -2.38. The Morgan fingerprint density at radius 2 is 1.39 bits per heavy atom. The van der Waals surface area contributed by atoms with Crippen molar-refractivity contribution in [3.8, 4) is 0 Å². The molecule has 0 radical (unpaired) electrons. The molecule has 1 saturated heterocycles. The maximum atomic E-state index is 13.4. The number of nitrogens with one attached hydrogen (secondary N) is 2. The number of piperidine rings is 1. The average Bonchev–Trinajstić information content (AvgIpc) is 3.01. The Morgan fingerprint density at radius 3 is 2.00 bits per heavy atom. The van der Waals surface area contributed by atoms with Gasteiger partial charge in [0.15, 0.2) is 11.6 Å². The van der Waals surface area contributed by atoms with E-state index < -0.39 is 0 Å². The van der Waals surface area contributed by atoms with E-state index in [1.54, 1.807) is 18.2 Å². The van der Waals surface area contributed by atoms with Crippen LogP contribution < -0.4 is 27.8 Å². The van der Waals surface area contributed by atoms with Crippen molar-refractivity contribution in [2.75, 3.05) is 48.0 Å². The molecule has 0 saturated carbocycles. The molecule has 3 aliphatic rings. The predicted octanol–water partition coefficient (Wildman–Crippen LogP) is 1.47. The van der Waals surface area contributed by atoms with E-state index >= 15 is 0 Å². The second-order valence-electron chi connectivity index (χ2n) is 7.93. The summed E-state index contributed by atoms with van der Waals surface area (Å²) in [4.78, 5) is 28.9. The first-order valence-electron chi connectivity index (χ1n) is 9.30. The first kappa shape index (κ1) is 16.9. The second-order valence-corrected chi connectivity index (χ2v) is 7.93. The minimum atomic E-state index is -0.360. The molecule has 1 aliphatic carbocycles. The van der Waals surface area contributed by atoms with Crippen LogP contribution in [0.4, 0.5) is 28.4 Å². The van der Waals surface area contributed by atoms with Crippen molar-refractivity contribution < 1.29 is 9.59 Å². The van der Waals surface area contributed by atoms with E-state index in [-0.39, 0.29) is 56.5 Å². The van der Waals surface area contributed by atoms with Gasteiger partial charge in [0, 0.05) is 43.0 Å². The minimum Gasteiger partial charge on any atom is -0.398 e. The highest BCUT2D eigenvalue weighted by Gasteiger charge is 2.44. The summed E-state index contributed by atoms with van der Waals surface area (Å²) >= 11 is 0. The molecule has 0 amide bonds. The van der Waals surface area contributed by atoms with E-state index in [0.29, 0.717) is 5.69 Å². The van der Waals surface area contributed by atoms with Gasteiger partial charge >= 0.3 is 0 Å². The zero-order valence-electron chi connectivity index (χ0n) is 15.6. The quantitative estimate of drug-likeness (QED) is 0.371. The molecule has 0 bridgehead atoms. The highest BCUT2D eigenvalue weighted by Crippen LogP contribution is 2.48. The number of nitrogen functional groups attached to an aromatic ring is 3. The van der Waals surface area contributed by atoms with Gasteiger partial charge in [-0.3, -0.25) is 9.59 Å². The number of nitrogens with two attached hydrogens (primary N) is 3. The maximum absolute atomic E-state index is 13.4. The third-order valence-electron chi connectivity index (χ3n) is 6.11. The molecule has 2 aliphatic heterocycles. The number of carbonyl (C=O) groups is 2. The monoisotopic (exact) mass is 378 g/mol. The lowest BCUT2D eigenvalue weighted by Crippen LogP contribution is -2.50. The van der Waals surface area contributed by atoms with Crippen LogP contribution in [-0.4, -0.2) is 42.3 Å². The fourth-order valence-corrected chi connectivity index (χ4v) is 4.56. The molecule has 1 fully saturated rings. The molecule has 8 nitrogen and oxygen atoms in total. The van der Waals surface area contributed by atoms with Gasteiger partial charge in [-0.25, -0.2) is 0 Å². The number of carbonyl (C=O) groups excluding carboxylic acids is 2. The molecule has 28 heavy (non-hydrogen) atoms. The highest BCUT2D eigenvalue weighted by molar-refractivity contribution is 6.35. The number of hydrogen-bond donors (Lipinski definition) is 5. The van der Waals surface area contributed by atoms with E-state index in [1.807, 2.05) is 0 Å². The SMILES string of the molecule is CN1CCC2(CC1)Nc1cc(N)c3c(c1N2)C(=O)c1c(N)ccc(N)c1C3=O. The number of hydrogen-bond acceptors (Lipinski definition) is 8. The van der Waals surface area contributed by atoms with Crippen LogP contribution in [0.25, 0.3) is 0 Å². The van der Waals surface area contributed by atoms with Crippen LogP contribution in [-0.2, 0) is 0 Å². The van der Waals surface area contributed by atoms with Crippen LogP contribution in [0, 0.1) is 0 Å². The predicted molar refractivity (Wildman–Crippen MR) is 110 cm³/mol. The van der Waals surface area contributed by atoms with Gasteiger partial charge in [0.25, 0.3) is 0 Å². The van der Waals surface area contributed by atoms with Crippen molar-refractivity contribution in [3.63, 3.8) is 0 Å². The molecular weight excluding hydrogens is 356 g/mol. The molecule has 2 aromatic rings. The average molecular weight is 378 g/mol. The molecule has 144 valence electrons. The summed E-state index contributed by atoms with van der Waals surface area (Å²) < 4.78 is 0. The zero-order valence-corrected chi connectivity index (χ0v) is 15.6. The van der Waals surface area contributed by atoms with Crippen LogP contribution in [0.5, 0.6) is 0 Å². The molecular formula is C20H22N6O2. The molecule has 1 spiro atoms. The molecule has 0 unspecified atom stereocenters. The number of anilines is 5. The Balaban J connectivity index is 1.70. The highest BCUT2D eigenvalue weighted by atomic mass is 16.1. The van der Waals surface area contributed by atoms with Crippen LogP contribution in [0.3, 0.4) is 0 Å². The van der Waals surface area contributed by atoms with E-state index in [9.17, 15) is 9.59 Å². The van der Waals surface area contributed by atoms with Crippen LogP contribution in [0.2, 0.25) is 0 Å². The maximum Gasteiger partial charge on any atom is 0.198 e. The molecule has 2 aromatic carbocycles. The van der Waals surface area contributed by atoms with Crippen molar-refractivity contribution in [1.82, 2.24) is 4.90 Å². The lowest BCUT2D eigenvalue weighted by atomic mass is 9.80. The topological polar surface area (TPSA) is 140 Å². The van der Waals surface area contributed by atoms with E-state index in [0.717, 1.165) is 31.6 Å². The molecule has 0 aromatic heterocycles. The van der Waals surface area contributed by atoms with Gasteiger partial charge in [-0.05, 0) is 25.2 Å². The van der Waals surface area contributed by atoms with Crippen LogP contribution in [0.15, 0.2) is 18.2 Å². The number of likely N-dealkylation sites (tertiary alicyclic amines) is 1. The number of ketones is 2. The minimum absolute atomic E-state index is 0.143. The van der Waals surface area contributed by atoms with E-state index in [2.05, 4.69) is 22.6 Å². The second kappa shape index (κ2) is 5.39. The molecule has 2 heterocycles. The normalized spacial score (nSPS) is 19.6. The first-order chi connectivity index (χ1) is 13.3. The lowest BCUT2D eigenvalue weighted by molar-refractivity contribution is 0.0981. The fraction of sp³-hybridized carbons (Fsp3) is 0.300. The third kappa shape index (κ3) is 2.09. The van der Waals surface area contributed by atoms with Crippen molar-refractivity contribution in [1.29, 1.82) is 0 Å². The van der Waals surface area contributed by atoms with Gasteiger partial charge in [-0.1, -0.05) is 0 Å².